The number of pyridine rings is 1. The molecule has 1 fully saturated rings. The Balaban J connectivity index is 1.59. The predicted octanol–water partition coefficient (Wildman–Crippen LogP) is 4.87. The van der Waals surface area contributed by atoms with E-state index in [9.17, 15) is 14.3 Å². The molecule has 2 N–H and O–H groups in total. The molecule has 136 valence electrons. The summed E-state index contributed by atoms with van der Waals surface area (Å²) in [5, 5.41) is 12.0. The highest BCUT2D eigenvalue weighted by molar-refractivity contribution is 5.93. The van der Waals surface area contributed by atoms with Crippen LogP contribution in [0.25, 0.3) is 11.1 Å². The molecule has 0 bridgehead atoms. The van der Waals surface area contributed by atoms with Gasteiger partial charge >= 0.3 is 5.97 Å². The Morgan fingerprint density at radius 2 is 1.93 bits per heavy atom. The van der Waals surface area contributed by atoms with Crippen LogP contribution in [0.5, 0.6) is 5.75 Å². The number of aromatic nitrogens is 1. The molecular formula is C21H17FN2O3. The number of nitrogens with zero attached hydrogens (tertiary/aromatic N) is 1. The van der Waals surface area contributed by atoms with Crippen LogP contribution in [0.3, 0.4) is 0 Å². The minimum absolute atomic E-state index is 0.0223. The number of hydrogen-bond acceptors (Lipinski definition) is 4. The highest BCUT2D eigenvalue weighted by atomic mass is 19.1. The molecule has 0 spiro atoms. The van der Waals surface area contributed by atoms with Gasteiger partial charge in [0.05, 0.1) is 11.8 Å². The lowest BCUT2D eigenvalue weighted by Gasteiger charge is -2.11. The van der Waals surface area contributed by atoms with Gasteiger partial charge in [-0.3, -0.25) is 0 Å². The molecule has 4 rings (SSSR count). The molecule has 5 nitrogen and oxygen atoms in total. The second-order valence-corrected chi connectivity index (χ2v) is 6.37. The van der Waals surface area contributed by atoms with Gasteiger partial charge in [0, 0.05) is 6.20 Å². The van der Waals surface area contributed by atoms with Crippen molar-refractivity contribution >= 4 is 17.5 Å². The molecule has 27 heavy (non-hydrogen) atoms. The fourth-order valence-corrected chi connectivity index (χ4v) is 2.73. The molecule has 1 aliphatic carbocycles. The minimum atomic E-state index is -1.13. The van der Waals surface area contributed by atoms with Crippen molar-refractivity contribution < 1.29 is 19.0 Å². The molecular weight excluding hydrogens is 347 g/mol. The molecule has 0 atom stereocenters. The molecule has 1 heterocycles. The second kappa shape index (κ2) is 7.07. The van der Waals surface area contributed by atoms with Gasteiger partial charge in [0.1, 0.15) is 22.9 Å². The van der Waals surface area contributed by atoms with Gasteiger partial charge in [-0.25, -0.2) is 14.2 Å². The van der Waals surface area contributed by atoms with Gasteiger partial charge in [-0.2, -0.15) is 0 Å². The number of hydrogen-bond donors (Lipinski definition) is 2. The van der Waals surface area contributed by atoms with Crippen molar-refractivity contribution in [2.75, 3.05) is 5.32 Å². The molecule has 6 heteroatoms. The van der Waals surface area contributed by atoms with Crippen LogP contribution in [0.4, 0.5) is 15.9 Å². The van der Waals surface area contributed by atoms with Gasteiger partial charge in [0.25, 0.3) is 0 Å². The van der Waals surface area contributed by atoms with Crippen molar-refractivity contribution in [3.63, 3.8) is 0 Å². The smallest absolute Gasteiger partial charge is 0.339 e. The zero-order chi connectivity index (χ0) is 18.8. The summed E-state index contributed by atoms with van der Waals surface area (Å²) in [5.41, 5.74) is 1.69. The topological polar surface area (TPSA) is 71.5 Å². The number of aromatic carboxylic acids is 1. The quantitative estimate of drug-likeness (QED) is 0.653. The van der Waals surface area contributed by atoms with Crippen LogP contribution >= 0.6 is 0 Å². The summed E-state index contributed by atoms with van der Waals surface area (Å²) >= 11 is 0. The Labute approximate surface area is 155 Å². The van der Waals surface area contributed by atoms with E-state index in [1.807, 2.05) is 24.3 Å². The maximum Gasteiger partial charge on any atom is 0.339 e. The summed E-state index contributed by atoms with van der Waals surface area (Å²) in [6.07, 6.45) is 3.90. The Kier molecular flexibility index (Phi) is 4.46. The molecule has 1 aromatic heterocycles. The number of ether oxygens (including phenoxy) is 1. The van der Waals surface area contributed by atoms with Crippen molar-refractivity contribution in [2.24, 2.45) is 0 Å². The third kappa shape index (κ3) is 3.89. The number of carbonyl (C=O) groups is 1. The number of halogens is 1. The van der Waals surface area contributed by atoms with Gasteiger partial charge in [-0.15, -0.1) is 0 Å². The first kappa shape index (κ1) is 17.0. The molecule has 0 unspecified atom stereocenters. The van der Waals surface area contributed by atoms with Crippen LogP contribution in [-0.4, -0.2) is 22.2 Å². The molecule has 0 amide bonds. The fraction of sp³-hybridized carbons (Fsp3) is 0.143. The van der Waals surface area contributed by atoms with Crippen molar-refractivity contribution in [1.29, 1.82) is 0 Å². The summed E-state index contributed by atoms with van der Waals surface area (Å²) in [4.78, 5) is 15.2. The summed E-state index contributed by atoms with van der Waals surface area (Å²) < 4.78 is 20.4. The van der Waals surface area contributed by atoms with Crippen LogP contribution in [0.1, 0.15) is 23.2 Å². The molecule has 1 saturated carbocycles. The number of benzene rings is 2. The maximum atomic E-state index is 14.6. The molecule has 3 aromatic rings. The number of carboxylic acids is 1. The van der Waals surface area contributed by atoms with E-state index in [0.29, 0.717) is 11.7 Å². The van der Waals surface area contributed by atoms with Crippen molar-refractivity contribution in [3.8, 4) is 16.9 Å². The lowest BCUT2D eigenvalue weighted by atomic mass is 10.0. The SMILES string of the molecule is O=C(O)c1cccnc1Nc1ccc(-c2cccc(OC3CC3)c2)cc1F. The highest BCUT2D eigenvalue weighted by Gasteiger charge is 2.23. The standard InChI is InChI=1S/C21H17FN2O3/c22-18-12-14(13-3-1-4-16(11-13)27-15-7-8-15)6-9-19(18)24-20-17(21(25)26)5-2-10-23-20/h1-6,9-12,15H,7-8H2,(H,23,24)(H,25,26). The third-order valence-electron chi connectivity index (χ3n) is 4.25. The van der Waals surface area contributed by atoms with E-state index in [1.54, 1.807) is 12.1 Å². The van der Waals surface area contributed by atoms with E-state index in [0.717, 1.165) is 24.2 Å². The minimum Gasteiger partial charge on any atom is -0.490 e. The zero-order valence-electron chi connectivity index (χ0n) is 14.4. The molecule has 2 aromatic carbocycles. The number of carboxylic acid groups (broad SMARTS) is 1. The van der Waals surface area contributed by atoms with Crippen LogP contribution in [0, 0.1) is 5.82 Å². The first-order valence-corrected chi connectivity index (χ1v) is 8.62. The first-order valence-electron chi connectivity index (χ1n) is 8.62. The van der Waals surface area contributed by atoms with Gasteiger partial charge in [-0.05, 0) is 60.4 Å². The number of nitrogens with one attached hydrogen (secondary N) is 1. The Morgan fingerprint density at radius 3 is 2.67 bits per heavy atom. The first-order chi connectivity index (χ1) is 13.1. The van der Waals surface area contributed by atoms with Gasteiger partial charge in [0.15, 0.2) is 0 Å². The molecule has 0 saturated heterocycles. The van der Waals surface area contributed by atoms with Gasteiger partial charge in [-0.1, -0.05) is 18.2 Å². The zero-order valence-corrected chi connectivity index (χ0v) is 14.4. The summed E-state index contributed by atoms with van der Waals surface area (Å²) in [5.74, 6) is -0.758. The van der Waals surface area contributed by atoms with Crippen LogP contribution in [0.2, 0.25) is 0 Å². The molecule has 0 radical (unpaired) electrons. The van der Waals surface area contributed by atoms with E-state index in [-0.39, 0.29) is 17.1 Å². The Hall–Kier alpha value is -3.41. The molecule has 1 aliphatic rings. The van der Waals surface area contributed by atoms with Gasteiger partial charge < -0.3 is 15.2 Å². The Morgan fingerprint density at radius 1 is 1.11 bits per heavy atom. The summed E-state index contributed by atoms with van der Waals surface area (Å²) in [6, 6.07) is 15.2. The van der Waals surface area contributed by atoms with Crippen molar-refractivity contribution in [1.82, 2.24) is 4.98 Å². The van der Waals surface area contributed by atoms with Crippen molar-refractivity contribution in [2.45, 2.75) is 18.9 Å². The van der Waals surface area contributed by atoms with Crippen molar-refractivity contribution in [3.05, 3.63) is 72.2 Å². The van der Waals surface area contributed by atoms with Crippen LogP contribution in [-0.2, 0) is 0 Å². The second-order valence-electron chi connectivity index (χ2n) is 6.37. The summed E-state index contributed by atoms with van der Waals surface area (Å²) in [7, 11) is 0. The van der Waals surface area contributed by atoms with Gasteiger partial charge in [0.2, 0.25) is 0 Å². The third-order valence-corrected chi connectivity index (χ3v) is 4.25. The fourth-order valence-electron chi connectivity index (χ4n) is 2.73. The maximum absolute atomic E-state index is 14.6. The predicted molar refractivity (Wildman–Crippen MR) is 100.0 cm³/mol. The average molecular weight is 364 g/mol. The normalized spacial score (nSPS) is 13.2. The van der Waals surface area contributed by atoms with E-state index in [4.69, 9.17) is 4.74 Å². The Bertz CT molecular complexity index is 1000. The van der Waals surface area contributed by atoms with E-state index < -0.39 is 11.8 Å². The van der Waals surface area contributed by atoms with E-state index >= 15 is 0 Å². The van der Waals surface area contributed by atoms with Crippen LogP contribution in [0.15, 0.2) is 60.8 Å². The number of rotatable bonds is 6. The summed E-state index contributed by atoms with van der Waals surface area (Å²) in [6.45, 7) is 0. The van der Waals surface area contributed by atoms with Crippen LogP contribution < -0.4 is 10.1 Å². The lowest BCUT2D eigenvalue weighted by Crippen LogP contribution is -2.05. The largest absolute Gasteiger partial charge is 0.490 e. The highest BCUT2D eigenvalue weighted by Crippen LogP contribution is 2.31. The number of anilines is 2. The molecule has 0 aliphatic heterocycles. The van der Waals surface area contributed by atoms with E-state index in [2.05, 4.69) is 10.3 Å². The monoisotopic (exact) mass is 364 g/mol. The average Bonchev–Trinajstić information content (AvgIpc) is 3.48. The van der Waals surface area contributed by atoms with E-state index in [1.165, 1.54) is 24.4 Å². The lowest BCUT2D eigenvalue weighted by molar-refractivity contribution is 0.0697.